The molecule has 0 aliphatic carbocycles. The van der Waals surface area contributed by atoms with Gasteiger partial charge in [-0.2, -0.15) is 0 Å². The molecule has 1 aromatic carbocycles. The molecular formula is C19H26N2O4. The number of methoxy groups -OCH3 is 2. The summed E-state index contributed by atoms with van der Waals surface area (Å²) in [6.45, 7) is 7.46. The molecule has 2 rings (SSSR count). The molecule has 0 radical (unpaired) electrons. The van der Waals surface area contributed by atoms with E-state index in [1.807, 2.05) is 4.90 Å². The van der Waals surface area contributed by atoms with E-state index in [9.17, 15) is 9.59 Å². The summed E-state index contributed by atoms with van der Waals surface area (Å²) >= 11 is 0. The molecule has 0 bridgehead atoms. The highest BCUT2D eigenvalue weighted by molar-refractivity contribution is 5.95. The number of likely N-dealkylation sites (tertiary alicyclic amines) is 1. The van der Waals surface area contributed by atoms with Gasteiger partial charge in [0.2, 0.25) is 5.91 Å². The highest BCUT2D eigenvalue weighted by Gasteiger charge is 2.23. The van der Waals surface area contributed by atoms with Crippen molar-refractivity contribution < 1.29 is 19.1 Å². The van der Waals surface area contributed by atoms with Crippen molar-refractivity contribution in [2.45, 2.75) is 19.8 Å². The van der Waals surface area contributed by atoms with Crippen LogP contribution in [-0.2, 0) is 4.79 Å². The molecule has 1 aliphatic heterocycles. The number of carbonyl (C=O) groups is 2. The molecule has 0 saturated carbocycles. The summed E-state index contributed by atoms with van der Waals surface area (Å²) in [5.41, 5.74) is 1.10. The Morgan fingerprint density at radius 2 is 1.84 bits per heavy atom. The molecule has 25 heavy (non-hydrogen) atoms. The highest BCUT2D eigenvalue weighted by Crippen LogP contribution is 2.27. The SMILES string of the molecule is C=C(C)C(=O)N1CCC(CNC(=O)c2ccc(OC)c(OC)c2)CC1. The van der Waals surface area contributed by atoms with Crippen LogP contribution in [0.2, 0.25) is 0 Å². The van der Waals surface area contributed by atoms with Gasteiger partial charge in [-0.3, -0.25) is 9.59 Å². The molecule has 1 N–H and O–H groups in total. The maximum absolute atomic E-state index is 12.3. The standard InChI is InChI=1S/C19H26N2O4/c1-13(2)19(23)21-9-7-14(8-10-21)12-20-18(22)15-5-6-16(24-3)17(11-15)25-4/h5-6,11,14H,1,7-10,12H2,2-4H3,(H,20,22). The monoisotopic (exact) mass is 346 g/mol. The van der Waals surface area contributed by atoms with E-state index in [4.69, 9.17) is 9.47 Å². The first-order valence-electron chi connectivity index (χ1n) is 8.41. The van der Waals surface area contributed by atoms with Gasteiger partial charge in [0.05, 0.1) is 14.2 Å². The maximum Gasteiger partial charge on any atom is 0.251 e. The molecule has 1 aliphatic rings. The Balaban J connectivity index is 1.85. The van der Waals surface area contributed by atoms with Crippen LogP contribution in [0.15, 0.2) is 30.4 Å². The van der Waals surface area contributed by atoms with E-state index < -0.39 is 0 Å². The van der Waals surface area contributed by atoms with Crippen molar-refractivity contribution in [1.82, 2.24) is 10.2 Å². The summed E-state index contributed by atoms with van der Waals surface area (Å²) in [6.07, 6.45) is 1.76. The number of ether oxygens (including phenoxy) is 2. The third kappa shape index (κ3) is 4.75. The van der Waals surface area contributed by atoms with Crippen molar-refractivity contribution in [3.8, 4) is 11.5 Å². The van der Waals surface area contributed by atoms with Gasteiger partial charge in [-0.15, -0.1) is 0 Å². The minimum Gasteiger partial charge on any atom is -0.493 e. The molecular weight excluding hydrogens is 320 g/mol. The molecule has 1 aromatic rings. The molecule has 1 fully saturated rings. The minimum atomic E-state index is -0.138. The Labute approximate surface area is 148 Å². The summed E-state index contributed by atoms with van der Waals surface area (Å²) in [4.78, 5) is 26.1. The summed E-state index contributed by atoms with van der Waals surface area (Å²) < 4.78 is 10.4. The Morgan fingerprint density at radius 1 is 1.20 bits per heavy atom. The quantitative estimate of drug-likeness (QED) is 0.802. The molecule has 1 heterocycles. The van der Waals surface area contributed by atoms with E-state index in [0.717, 1.165) is 12.8 Å². The first-order chi connectivity index (χ1) is 12.0. The number of benzene rings is 1. The second-order valence-corrected chi connectivity index (χ2v) is 6.30. The number of amides is 2. The fourth-order valence-electron chi connectivity index (χ4n) is 2.93. The number of carbonyl (C=O) groups excluding carboxylic acids is 2. The van der Waals surface area contributed by atoms with Crippen molar-refractivity contribution in [2.75, 3.05) is 33.9 Å². The van der Waals surface area contributed by atoms with Gasteiger partial charge in [0.15, 0.2) is 11.5 Å². The second-order valence-electron chi connectivity index (χ2n) is 6.30. The number of hydrogen-bond acceptors (Lipinski definition) is 4. The number of hydrogen-bond donors (Lipinski definition) is 1. The molecule has 0 unspecified atom stereocenters. The largest absolute Gasteiger partial charge is 0.493 e. The molecule has 136 valence electrons. The third-order valence-electron chi connectivity index (χ3n) is 4.46. The number of piperidine rings is 1. The summed E-state index contributed by atoms with van der Waals surface area (Å²) in [5, 5.41) is 2.97. The minimum absolute atomic E-state index is 0.0211. The molecule has 1 saturated heterocycles. The first-order valence-corrected chi connectivity index (χ1v) is 8.41. The fourth-order valence-corrected chi connectivity index (χ4v) is 2.93. The fraction of sp³-hybridized carbons (Fsp3) is 0.474. The lowest BCUT2D eigenvalue weighted by Gasteiger charge is -2.32. The zero-order chi connectivity index (χ0) is 18.4. The topological polar surface area (TPSA) is 67.9 Å². The van der Waals surface area contributed by atoms with E-state index in [2.05, 4.69) is 11.9 Å². The average Bonchev–Trinajstić information content (AvgIpc) is 2.65. The van der Waals surface area contributed by atoms with Crippen LogP contribution in [0.4, 0.5) is 0 Å². The average molecular weight is 346 g/mol. The number of rotatable bonds is 6. The van der Waals surface area contributed by atoms with E-state index in [-0.39, 0.29) is 11.8 Å². The van der Waals surface area contributed by atoms with Crippen LogP contribution >= 0.6 is 0 Å². The Bertz CT molecular complexity index is 649. The van der Waals surface area contributed by atoms with Crippen LogP contribution in [-0.4, -0.2) is 50.6 Å². The molecule has 2 amide bonds. The van der Waals surface area contributed by atoms with Crippen LogP contribution in [0.1, 0.15) is 30.1 Å². The van der Waals surface area contributed by atoms with Gasteiger partial charge in [-0.1, -0.05) is 6.58 Å². The van der Waals surface area contributed by atoms with Crippen molar-refractivity contribution in [1.29, 1.82) is 0 Å². The Hall–Kier alpha value is -2.50. The number of nitrogens with zero attached hydrogens (tertiary/aromatic N) is 1. The summed E-state index contributed by atoms with van der Waals surface area (Å²) in [7, 11) is 3.10. The van der Waals surface area contributed by atoms with Crippen molar-refractivity contribution in [3.63, 3.8) is 0 Å². The van der Waals surface area contributed by atoms with Crippen molar-refractivity contribution in [3.05, 3.63) is 35.9 Å². The van der Waals surface area contributed by atoms with Gasteiger partial charge < -0.3 is 19.7 Å². The molecule has 6 heteroatoms. The summed E-state index contributed by atoms with van der Waals surface area (Å²) in [5.74, 6) is 1.38. The maximum atomic E-state index is 12.3. The smallest absolute Gasteiger partial charge is 0.251 e. The first kappa shape index (κ1) is 18.8. The van der Waals surface area contributed by atoms with E-state index in [0.29, 0.717) is 48.2 Å². The Morgan fingerprint density at radius 3 is 2.40 bits per heavy atom. The lowest BCUT2D eigenvalue weighted by molar-refractivity contribution is -0.128. The van der Waals surface area contributed by atoms with Gasteiger partial charge in [0.25, 0.3) is 5.91 Å². The van der Waals surface area contributed by atoms with Gasteiger partial charge in [-0.25, -0.2) is 0 Å². The van der Waals surface area contributed by atoms with Gasteiger partial charge in [-0.05, 0) is 43.9 Å². The van der Waals surface area contributed by atoms with E-state index >= 15 is 0 Å². The molecule has 0 aromatic heterocycles. The molecule has 6 nitrogen and oxygen atoms in total. The highest BCUT2D eigenvalue weighted by atomic mass is 16.5. The van der Waals surface area contributed by atoms with Gasteiger partial charge in [0.1, 0.15) is 0 Å². The van der Waals surface area contributed by atoms with Gasteiger partial charge in [0, 0.05) is 30.8 Å². The Kier molecular flexibility index (Phi) is 6.44. The van der Waals surface area contributed by atoms with Crippen LogP contribution in [0.5, 0.6) is 11.5 Å². The zero-order valence-electron chi connectivity index (χ0n) is 15.1. The molecule has 0 atom stereocenters. The van der Waals surface area contributed by atoms with Crippen LogP contribution in [0.3, 0.4) is 0 Å². The van der Waals surface area contributed by atoms with Crippen molar-refractivity contribution in [2.24, 2.45) is 5.92 Å². The van der Waals surface area contributed by atoms with E-state index in [1.165, 1.54) is 0 Å². The van der Waals surface area contributed by atoms with Crippen molar-refractivity contribution >= 4 is 11.8 Å². The summed E-state index contributed by atoms with van der Waals surface area (Å²) in [6, 6.07) is 5.10. The van der Waals surface area contributed by atoms with Gasteiger partial charge >= 0.3 is 0 Å². The predicted molar refractivity (Wildman–Crippen MR) is 96.0 cm³/mol. The third-order valence-corrected chi connectivity index (χ3v) is 4.46. The van der Waals surface area contributed by atoms with Crippen LogP contribution in [0, 0.1) is 5.92 Å². The zero-order valence-corrected chi connectivity index (χ0v) is 15.1. The molecule has 0 spiro atoms. The van der Waals surface area contributed by atoms with Crippen LogP contribution < -0.4 is 14.8 Å². The van der Waals surface area contributed by atoms with Crippen LogP contribution in [0.25, 0.3) is 0 Å². The predicted octanol–water partition coefficient (Wildman–Crippen LogP) is 2.25. The number of nitrogens with one attached hydrogen (secondary N) is 1. The lowest BCUT2D eigenvalue weighted by Crippen LogP contribution is -2.41. The van der Waals surface area contributed by atoms with E-state index in [1.54, 1.807) is 39.3 Å². The lowest BCUT2D eigenvalue weighted by atomic mass is 9.96. The normalized spacial score (nSPS) is 14.8. The second kappa shape index (κ2) is 8.55.